The lowest BCUT2D eigenvalue weighted by Crippen LogP contribution is -2.29. The van der Waals surface area contributed by atoms with Gasteiger partial charge >= 0.3 is 12.1 Å². The number of hydrogen-bond donors (Lipinski definition) is 0. The molecule has 3 aromatic rings. The van der Waals surface area contributed by atoms with Crippen molar-refractivity contribution < 1.29 is 41.8 Å². The normalized spacial score (nSPS) is 14.0. The molecule has 2 aromatic carbocycles. The number of halogens is 3. The summed E-state index contributed by atoms with van der Waals surface area (Å²) in [6.07, 6.45) is -4.08. The molecular formula is C25H16F3NO6. The molecule has 0 saturated heterocycles. The number of esters is 1. The minimum Gasteiger partial charge on any atom is -0.479 e. The Morgan fingerprint density at radius 2 is 1.66 bits per heavy atom. The number of fused-ring (bicyclic) bond motifs is 1. The van der Waals surface area contributed by atoms with Crippen molar-refractivity contribution in [1.82, 2.24) is 4.98 Å². The highest BCUT2D eigenvalue weighted by Crippen LogP contribution is 2.31. The third kappa shape index (κ3) is 5.37. The predicted molar refractivity (Wildman–Crippen MR) is 115 cm³/mol. The third-order valence-electron chi connectivity index (χ3n) is 4.87. The fraction of sp³-hybridized carbons (Fsp3) is 0.120. The van der Waals surface area contributed by atoms with Gasteiger partial charge in [-0.3, -0.25) is 9.59 Å². The lowest BCUT2D eigenvalue weighted by Gasteiger charge is -2.18. The smallest absolute Gasteiger partial charge is 0.417 e. The second kappa shape index (κ2) is 9.41. The molecule has 35 heavy (non-hydrogen) atoms. The molecule has 0 spiro atoms. The Morgan fingerprint density at radius 1 is 0.943 bits per heavy atom. The zero-order chi connectivity index (χ0) is 25.2. The summed E-state index contributed by atoms with van der Waals surface area (Å²) >= 11 is 0. The molecule has 1 aliphatic rings. The quantitative estimate of drug-likeness (QED) is 0.447. The van der Waals surface area contributed by atoms with Crippen LogP contribution in [0.1, 0.15) is 33.2 Å². The summed E-state index contributed by atoms with van der Waals surface area (Å²) < 4.78 is 54.1. The highest BCUT2D eigenvalue weighted by atomic mass is 19.4. The van der Waals surface area contributed by atoms with Crippen LogP contribution >= 0.6 is 0 Å². The second-order valence-electron chi connectivity index (χ2n) is 7.39. The van der Waals surface area contributed by atoms with Crippen LogP contribution in [0.15, 0.2) is 78.7 Å². The van der Waals surface area contributed by atoms with Gasteiger partial charge in [0.15, 0.2) is 17.6 Å². The van der Waals surface area contributed by atoms with Gasteiger partial charge in [0, 0.05) is 35.5 Å². The summed E-state index contributed by atoms with van der Waals surface area (Å²) in [5.41, 5.74) is -0.551. The third-order valence-corrected chi connectivity index (χ3v) is 4.87. The minimum atomic E-state index is -4.51. The molecule has 178 valence electrons. The summed E-state index contributed by atoms with van der Waals surface area (Å²) in [5.74, 6) is -2.06. The van der Waals surface area contributed by atoms with Crippen LogP contribution in [0.25, 0.3) is 0 Å². The summed E-state index contributed by atoms with van der Waals surface area (Å²) in [6, 6.07) is 14.1. The number of carbonyl (C=O) groups is 3. The van der Waals surface area contributed by atoms with E-state index in [1.807, 2.05) is 0 Å². The van der Waals surface area contributed by atoms with Crippen LogP contribution in [0.4, 0.5) is 13.2 Å². The first-order valence-corrected chi connectivity index (χ1v) is 10.2. The standard InChI is InChI=1S/C25H16F3NO6/c1-14(24(32)35-21-12-20(30)18-7-2-3-8-19(18)23(21)31)33-16-5-4-6-17(11-16)34-22-10-9-15(13-29-22)25(26,27)28/h2-14H,1H3. The van der Waals surface area contributed by atoms with E-state index in [0.717, 1.165) is 18.2 Å². The Labute approximate surface area is 196 Å². The lowest BCUT2D eigenvalue weighted by molar-refractivity contribution is -0.146. The number of Topliss-reactive ketones (excluding diaryl/α,β-unsaturated/α-hetero) is 1. The number of carbonyl (C=O) groups excluding carboxylic acids is 3. The number of ether oxygens (including phenoxy) is 3. The number of benzene rings is 2. The Kier molecular flexibility index (Phi) is 6.37. The predicted octanol–water partition coefficient (Wildman–Crippen LogP) is 5.17. The van der Waals surface area contributed by atoms with E-state index in [1.165, 1.54) is 43.3 Å². The number of alkyl halides is 3. The molecule has 1 aromatic heterocycles. The van der Waals surface area contributed by atoms with Gasteiger partial charge in [0.25, 0.3) is 0 Å². The van der Waals surface area contributed by atoms with Gasteiger partial charge in [-0.25, -0.2) is 9.78 Å². The van der Waals surface area contributed by atoms with E-state index in [0.29, 0.717) is 6.20 Å². The Bertz CT molecular complexity index is 1330. The Hall–Kier alpha value is -4.47. The van der Waals surface area contributed by atoms with Crippen LogP contribution in [-0.4, -0.2) is 28.6 Å². The average molecular weight is 483 g/mol. The first-order chi connectivity index (χ1) is 16.6. The Balaban J connectivity index is 1.40. The monoisotopic (exact) mass is 483 g/mol. The van der Waals surface area contributed by atoms with Crippen LogP contribution in [-0.2, 0) is 15.7 Å². The van der Waals surface area contributed by atoms with Crippen molar-refractivity contribution >= 4 is 17.5 Å². The van der Waals surface area contributed by atoms with Gasteiger partial charge in [-0.15, -0.1) is 0 Å². The molecule has 0 N–H and O–H groups in total. The summed E-state index contributed by atoms with van der Waals surface area (Å²) in [7, 11) is 0. The van der Waals surface area contributed by atoms with Crippen molar-refractivity contribution in [1.29, 1.82) is 0 Å². The van der Waals surface area contributed by atoms with Crippen LogP contribution in [0, 0.1) is 0 Å². The van der Waals surface area contributed by atoms with Crippen molar-refractivity contribution in [2.24, 2.45) is 0 Å². The van der Waals surface area contributed by atoms with Crippen molar-refractivity contribution in [3.63, 3.8) is 0 Å². The average Bonchev–Trinajstić information content (AvgIpc) is 2.82. The van der Waals surface area contributed by atoms with Crippen molar-refractivity contribution in [2.75, 3.05) is 0 Å². The van der Waals surface area contributed by atoms with Crippen molar-refractivity contribution in [2.45, 2.75) is 19.2 Å². The van der Waals surface area contributed by atoms with Crippen LogP contribution in [0.3, 0.4) is 0 Å². The summed E-state index contributed by atoms with van der Waals surface area (Å²) in [6.45, 7) is 1.39. The first kappa shape index (κ1) is 23.7. The van der Waals surface area contributed by atoms with Gasteiger partial charge in [-0.2, -0.15) is 13.2 Å². The van der Waals surface area contributed by atoms with Gasteiger partial charge in [-0.05, 0) is 25.1 Å². The number of allylic oxidation sites excluding steroid dienone is 2. The number of ketones is 2. The maximum absolute atomic E-state index is 12.7. The zero-order valence-electron chi connectivity index (χ0n) is 18.0. The molecule has 0 fully saturated rings. The van der Waals surface area contributed by atoms with Gasteiger partial charge in [0.2, 0.25) is 11.7 Å². The molecule has 10 heteroatoms. The van der Waals surface area contributed by atoms with Gasteiger partial charge in [0.05, 0.1) is 5.56 Å². The molecule has 1 heterocycles. The molecule has 7 nitrogen and oxygen atoms in total. The van der Waals surface area contributed by atoms with Crippen LogP contribution in [0.5, 0.6) is 17.4 Å². The first-order valence-electron chi connectivity index (χ1n) is 10.2. The van der Waals surface area contributed by atoms with Gasteiger partial charge in [0.1, 0.15) is 11.5 Å². The highest BCUT2D eigenvalue weighted by molar-refractivity contribution is 6.24. The van der Waals surface area contributed by atoms with Gasteiger partial charge < -0.3 is 14.2 Å². The molecule has 0 amide bonds. The molecule has 1 aliphatic carbocycles. The van der Waals surface area contributed by atoms with Crippen molar-refractivity contribution in [3.05, 3.63) is 95.4 Å². The lowest BCUT2D eigenvalue weighted by atomic mass is 9.94. The van der Waals surface area contributed by atoms with Gasteiger partial charge in [-0.1, -0.05) is 30.3 Å². The minimum absolute atomic E-state index is 0.0738. The van der Waals surface area contributed by atoms with E-state index in [9.17, 15) is 27.6 Å². The molecule has 1 unspecified atom stereocenters. The summed E-state index contributed by atoms with van der Waals surface area (Å²) in [5, 5.41) is 0. The summed E-state index contributed by atoms with van der Waals surface area (Å²) in [4.78, 5) is 40.9. The largest absolute Gasteiger partial charge is 0.479 e. The van der Waals surface area contributed by atoms with Crippen molar-refractivity contribution in [3.8, 4) is 17.4 Å². The van der Waals surface area contributed by atoms with E-state index < -0.39 is 41.1 Å². The zero-order valence-corrected chi connectivity index (χ0v) is 18.0. The SMILES string of the molecule is CC(Oc1cccc(Oc2ccc(C(F)(F)F)cn2)c1)C(=O)OC1=CC(=O)c2ccccc2C1=O. The highest BCUT2D eigenvalue weighted by Gasteiger charge is 2.31. The Morgan fingerprint density at radius 3 is 2.34 bits per heavy atom. The number of aromatic nitrogens is 1. The topological polar surface area (TPSA) is 91.8 Å². The molecule has 0 radical (unpaired) electrons. The number of nitrogens with zero attached hydrogens (tertiary/aromatic N) is 1. The van der Waals surface area contributed by atoms with E-state index in [4.69, 9.17) is 14.2 Å². The maximum Gasteiger partial charge on any atom is 0.417 e. The maximum atomic E-state index is 12.7. The molecule has 0 aliphatic heterocycles. The molecule has 0 bridgehead atoms. The van der Waals surface area contributed by atoms with Crippen LogP contribution < -0.4 is 9.47 Å². The second-order valence-corrected chi connectivity index (χ2v) is 7.39. The van der Waals surface area contributed by atoms with E-state index in [1.54, 1.807) is 12.1 Å². The van der Waals surface area contributed by atoms with E-state index in [-0.39, 0.29) is 28.5 Å². The number of hydrogen-bond acceptors (Lipinski definition) is 7. The molecule has 4 rings (SSSR count). The van der Waals surface area contributed by atoms with Crippen LogP contribution in [0.2, 0.25) is 0 Å². The van der Waals surface area contributed by atoms with E-state index in [2.05, 4.69) is 4.98 Å². The van der Waals surface area contributed by atoms with E-state index >= 15 is 0 Å². The fourth-order valence-electron chi connectivity index (χ4n) is 3.15. The fourth-order valence-corrected chi connectivity index (χ4v) is 3.15. The number of pyridine rings is 1. The molecular weight excluding hydrogens is 467 g/mol. The number of rotatable bonds is 6. The molecule has 1 atom stereocenters. The molecule has 0 saturated carbocycles.